The van der Waals surface area contributed by atoms with Crippen molar-refractivity contribution in [3.8, 4) is 0 Å². The van der Waals surface area contributed by atoms with E-state index in [1.54, 1.807) is 11.8 Å². The average Bonchev–Trinajstić information content (AvgIpc) is 2.34. The van der Waals surface area contributed by atoms with Gasteiger partial charge in [0.1, 0.15) is 6.10 Å². The number of halogens is 1. The Bertz CT molecular complexity index is 381. The van der Waals surface area contributed by atoms with Crippen molar-refractivity contribution in [1.29, 1.82) is 0 Å². The van der Waals surface area contributed by atoms with Crippen molar-refractivity contribution in [3.63, 3.8) is 0 Å². The molecule has 94 valence electrons. The van der Waals surface area contributed by atoms with Crippen LogP contribution in [0.25, 0.3) is 0 Å². The first-order valence-corrected chi connectivity index (χ1v) is 6.02. The van der Waals surface area contributed by atoms with Gasteiger partial charge in [-0.25, -0.2) is 0 Å². The van der Waals surface area contributed by atoms with E-state index in [9.17, 15) is 4.79 Å². The lowest BCUT2D eigenvalue weighted by atomic mass is 10.2. The minimum Gasteiger partial charge on any atom is -0.372 e. The molecule has 0 aliphatic heterocycles. The standard InChI is InChI=1S/C13H18ClNO2/c1-4-15(13(16)10(2)17-3)9-11-6-5-7-12(14)8-11/h5-8,10H,4,9H2,1-3H3. The lowest BCUT2D eigenvalue weighted by molar-refractivity contribution is -0.141. The van der Waals surface area contributed by atoms with Gasteiger partial charge in [0.2, 0.25) is 0 Å². The predicted octanol–water partition coefficient (Wildman–Crippen LogP) is 2.72. The van der Waals surface area contributed by atoms with E-state index in [-0.39, 0.29) is 5.91 Å². The lowest BCUT2D eigenvalue weighted by Crippen LogP contribution is -2.38. The zero-order chi connectivity index (χ0) is 12.8. The van der Waals surface area contributed by atoms with Crippen LogP contribution in [-0.2, 0) is 16.1 Å². The van der Waals surface area contributed by atoms with Crippen LogP contribution in [0, 0.1) is 0 Å². The summed E-state index contributed by atoms with van der Waals surface area (Å²) in [6.07, 6.45) is -0.408. The molecule has 3 nitrogen and oxygen atoms in total. The summed E-state index contributed by atoms with van der Waals surface area (Å²) < 4.78 is 5.04. The number of methoxy groups -OCH3 is 1. The van der Waals surface area contributed by atoms with Gasteiger partial charge < -0.3 is 9.64 Å². The smallest absolute Gasteiger partial charge is 0.251 e. The lowest BCUT2D eigenvalue weighted by Gasteiger charge is -2.23. The van der Waals surface area contributed by atoms with Gasteiger partial charge in [-0.05, 0) is 31.5 Å². The van der Waals surface area contributed by atoms with Crippen molar-refractivity contribution >= 4 is 17.5 Å². The van der Waals surface area contributed by atoms with Crippen molar-refractivity contribution in [2.24, 2.45) is 0 Å². The maximum absolute atomic E-state index is 12.0. The molecule has 0 aliphatic carbocycles. The van der Waals surface area contributed by atoms with E-state index in [0.717, 1.165) is 5.56 Å². The number of rotatable bonds is 5. The Morgan fingerprint density at radius 1 is 1.53 bits per heavy atom. The van der Waals surface area contributed by atoms with Gasteiger partial charge in [-0.15, -0.1) is 0 Å². The number of ether oxygens (including phenoxy) is 1. The molecule has 1 unspecified atom stereocenters. The van der Waals surface area contributed by atoms with Gasteiger partial charge in [-0.1, -0.05) is 23.7 Å². The van der Waals surface area contributed by atoms with Crippen LogP contribution in [0.4, 0.5) is 0 Å². The van der Waals surface area contributed by atoms with Crippen LogP contribution < -0.4 is 0 Å². The molecule has 0 saturated carbocycles. The summed E-state index contributed by atoms with van der Waals surface area (Å²) in [5, 5.41) is 0.686. The van der Waals surface area contributed by atoms with Crippen LogP contribution >= 0.6 is 11.6 Å². The molecule has 4 heteroatoms. The maximum Gasteiger partial charge on any atom is 0.251 e. The molecule has 17 heavy (non-hydrogen) atoms. The molecule has 0 N–H and O–H groups in total. The van der Waals surface area contributed by atoms with Gasteiger partial charge in [0, 0.05) is 25.2 Å². The summed E-state index contributed by atoms with van der Waals surface area (Å²) in [5.41, 5.74) is 1.02. The molecule has 1 amide bonds. The van der Waals surface area contributed by atoms with Gasteiger partial charge in [0.25, 0.3) is 5.91 Å². The van der Waals surface area contributed by atoms with Gasteiger partial charge in [0.05, 0.1) is 0 Å². The van der Waals surface area contributed by atoms with Gasteiger partial charge in [-0.3, -0.25) is 4.79 Å². The van der Waals surface area contributed by atoms with Crippen LogP contribution in [0.1, 0.15) is 19.4 Å². The third kappa shape index (κ3) is 4.02. The van der Waals surface area contributed by atoms with Gasteiger partial charge in [0.15, 0.2) is 0 Å². The Balaban J connectivity index is 2.73. The van der Waals surface area contributed by atoms with E-state index in [1.165, 1.54) is 7.11 Å². The molecule has 1 aromatic rings. The minimum absolute atomic E-state index is 0.00465. The second-order valence-electron chi connectivity index (χ2n) is 3.86. The number of amides is 1. The van der Waals surface area contributed by atoms with E-state index < -0.39 is 6.10 Å². The Kier molecular flexibility index (Phi) is 5.45. The van der Waals surface area contributed by atoms with Crippen molar-refractivity contribution in [3.05, 3.63) is 34.9 Å². The molecular formula is C13H18ClNO2. The SMILES string of the molecule is CCN(Cc1cccc(Cl)c1)C(=O)C(C)OC. The largest absolute Gasteiger partial charge is 0.372 e. The molecule has 0 heterocycles. The number of hydrogen-bond donors (Lipinski definition) is 0. The van der Waals surface area contributed by atoms with E-state index in [2.05, 4.69) is 0 Å². The Labute approximate surface area is 107 Å². The highest BCUT2D eigenvalue weighted by molar-refractivity contribution is 6.30. The normalized spacial score (nSPS) is 12.2. The number of hydrogen-bond acceptors (Lipinski definition) is 2. The summed E-state index contributed by atoms with van der Waals surface area (Å²) in [6.45, 7) is 4.91. The van der Waals surface area contributed by atoms with Gasteiger partial charge in [-0.2, -0.15) is 0 Å². The Hall–Kier alpha value is -1.06. The molecule has 0 fully saturated rings. The fourth-order valence-corrected chi connectivity index (χ4v) is 1.77. The highest BCUT2D eigenvalue weighted by Gasteiger charge is 2.18. The summed E-state index contributed by atoms with van der Waals surface area (Å²) in [6, 6.07) is 7.53. The number of nitrogens with zero attached hydrogens (tertiary/aromatic N) is 1. The summed E-state index contributed by atoms with van der Waals surface area (Å²) in [7, 11) is 1.54. The van der Waals surface area contributed by atoms with Crippen LogP contribution in [0.15, 0.2) is 24.3 Å². The highest BCUT2D eigenvalue weighted by atomic mass is 35.5. The topological polar surface area (TPSA) is 29.5 Å². The first-order chi connectivity index (χ1) is 8.08. The molecule has 0 spiro atoms. The van der Waals surface area contributed by atoms with E-state index in [0.29, 0.717) is 18.1 Å². The third-order valence-electron chi connectivity index (χ3n) is 2.66. The average molecular weight is 256 g/mol. The van der Waals surface area contributed by atoms with E-state index in [1.807, 2.05) is 31.2 Å². The zero-order valence-electron chi connectivity index (χ0n) is 10.4. The summed E-state index contributed by atoms with van der Waals surface area (Å²) in [5.74, 6) is -0.00465. The van der Waals surface area contributed by atoms with Crippen LogP contribution in [0.5, 0.6) is 0 Å². The van der Waals surface area contributed by atoms with Crippen LogP contribution in [-0.4, -0.2) is 30.6 Å². The van der Waals surface area contributed by atoms with E-state index in [4.69, 9.17) is 16.3 Å². The first kappa shape index (κ1) is 14.0. The maximum atomic E-state index is 12.0. The molecule has 0 radical (unpaired) electrons. The number of benzene rings is 1. The quantitative estimate of drug-likeness (QED) is 0.810. The molecular weight excluding hydrogens is 238 g/mol. The van der Waals surface area contributed by atoms with Crippen molar-refractivity contribution in [1.82, 2.24) is 4.90 Å². The van der Waals surface area contributed by atoms with Crippen molar-refractivity contribution in [2.75, 3.05) is 13.7 Å². The molecule has 0 aromatic heterocycles. The number of carbonyl (C=O) groups excluding carboxylic acids is 1. The Morgan fingerprint density at radius 2 is 2.24 bits per heavy atom. The molecule has 0 aliphatic rings. The third-order valence-corrected chi connectivity index (χ3v) is 2.89. The second-order valence-corrected chi connectivity index (χ2v) is 4.30. The van der Waals surface area contributed by atoms with Gasteiger partial charge >= 0.3 is 0 Å². The molecule has 1 atom stereocenters. The van der Waals surface area contributed by atoms with Crippen molar-refractivity contribution < 1.29 is 9.53 Å². The number of carbonyl (C=O) groups is 1. The fourth-order valence-electron chi connectivity index (χ4n) is 1.56. The second kappa shape index (κ2) is 6.62. The number of likely N-dealkylation sites (N-methyl/N-ethyl adjacent to an activating group) is 1. The minimum atomic E-state index is -0.408. The zero-order valence-corrected chi connectivity index (χ0v) is 11.2. The monoisotopic (exact) mass is 255 g/mol. The predicted molar refractivity (Wildman–Crippen MR) is 69.0 cm³/mol. The van der Waals surface area contributed by atoms with E-state index >= 15 is 0 Å². The first-order valence-electron chi connectivity index (χ1n) is 5.64. The van der Waals surface area contributed by atoms with Crippen LogP contribution in [0.3, 0.4) is 0 Å². The summed E-state index contributed by atoms with van der Waals surface area (Å²) in [4.78, 5) is 13.7. The summed E-state index contributed by atoms with van der Waals surface area (Å²) >= 11 is 5.91. The molecule has 1 aromatic carbocycles. The van der Waals surface area contributed by atoms with Crippen molar-refractivity contribution in [2.45, 2.75) is 26.5 Å². The molecule has 1 rings (SSSR count). The molecule has 0 bridgehead atoms. The Morgan fingerprint density at radius 3 is 2.76 bits per heavy atom. The molecule has 0 saturated heterocycles. The van der Waals surface area contributed by atoms with Crippen LogP contribution in [0.2, 0.25) is 5.02 Å². The fraction of sp³-hybridized carbons (Fsp3) is 0.462. The highest BCUT2D eigenvalue weighted by Crippen LogP contribution is 2.13.